The van der Waals surface area contributed by atoms with Crippen molar-refractivity contribution in [2.75, 3.05) is 24.6 Å². The molecule has 0 unspecified atom stereocenters. The number of aliphatic hydroxyl groups is 1. The van der Waals surface area contributed by atoms with Crippen LogP contribution in [0.2, 0.25) is 0 Å². The Labute approximate surface area is 88.3 Å². The van der Waals surface area contributed by atoms with E-state index in [2.05, 4.69) is 6.92 Å². The zero-order chi connectivity index (χ0) is 10.6. The monoisotopic (exact) mass is 219 g/mol. The normalized spacial score (nSPS) is 23.9. The second kappa shape index (κ2) is 5.46. The largest absolute Gasteiger partial charge is 0.465 e. The fourth-order valence-corrected chi connectivity index (χ4v) is 2.40. The third-order valence-electron chi connectivity index (χ3n) is 2.53. The van der Waals surface area contributed by atoms with Gasteiger partial charge in [0.1, 0.15) is 0 Å². The average molecular weight is 219 g/mol. The second-order valence-electron chi connectivity index (χ2n) is 3.50. The fourth-order valence-electron chi connectivity index (χ4n) is 1.65. The Kier molecular flexibility index (Phi) is 4.54. The molecule has 0 saturated carbocycles. The first kappa shape index (κ1) is 11.7. The molecule has 0 aromatic heterocycles. The van der Waals surface area contributed by atoms with Gasteiger partial charge in [-0.1, -0.05) is 6.92 Å². The van der Waals surface area contributed by atoms with Crippen LogP contribution in [0.4, 0.5) is 4.79 Å². The van der Waals surface area contributed by atoms with Crippen LogP contribution in [0.1, 0.15) is 13.3 Å². The highest BCUT2D eigenvalue weighted by Crippen LogP contribution is 2.21. The number of aliphatic hydroxyl groups excluding tert-OH is 1. The number of carbonyl (C=O) groups is 1. The van der Waals surface area contributed by atoms with E-state index in [-0.39, 0.29) is 12.0 Å². The molecule has 2 N–H and O–H groups in total. The van der Waals surface area contributed by atoms with E-state index >= 15 is 0 Å². The van der Waals surface area contributed by atoms with Crippen LogP contribution in [0.15, 0.2) is 0 Å². The minimum absolute atomic E-state index is 0.130. The van der Waals surface area contributed by atoms with Gasteiger partial charge in [-0.15, -0.1) is 0 Å². The van der Waals surface area contributed by atoms with Crippen molar-refractivity contribution in [2.24, 2.45) is 5.92 Å². The average Bonchev–Trinajstić information content (AvgIpc) is 2.62. The highest BCUT2D eigenvalue weighted by Gasteiger charge is 2.30. The second-order valence-corrected chi connectivity index (χ2v) is 4.82. The van der Waals surface area contributed by atoms with Crippen LogP contribution >= 0.6 is 11.8 Å². The highest BCUT2D eigenvalue weighted by molar-refractivity contribution is 7.99. The molecule has 0 aromatic carbocycles. The van der Waals surface area contributed by atoms with E-state index in [1.54, 1.807) is 11.8 Å². The molecule has 0 radical (unpaired) electrons. The molecule has 14 heavy (non-hydrogen) atoms. The molecule has 0 bridgehead atoms. The van der Waals surface area contributed by atoms with Gasteiger partial charge in [-0.25, -0.2) is 4.79 Å². The van der Waals surface area contributed by atoms with Crippen LogP contribution in [0.25, 0.3) is 0 Å². The fraction of sp³-hybridized carbons (Fsp3) is 0.889. The van der Waals surface area contributed by atoms with Crippen molar-refractivity contribution in [3.05, 3.63) is 0 Å². The lowest BCUT2D eigenvalue weighted by atomic mass is 10.0. The lowest BCUT2D eigenvalue weighted by molar-refractivity contribution is 0.125. The molecule has 0 aliphatic carbocycles. The van der Waals surface area contributed by atoms with Crippen LogP contribution in [-0.2, 0) is 0 Å². The summed E-state index contributed by atoms with van der Waals surface area (Å²) in [5.74, 6) is 1.84. The number of thioether (sulfide) groups is 1. The number of hydrogen-bond acceptors (Lipinski definition) is 3. The first-order valence-electron chi connectivity index (χ1n) is 4.88. The number of likely N-dealkylation sites (tertiary alicyclic amines) is 1. The number of carboxylic acid groups (broad SMARTS) is 1. The van der Waals surface area contributed by atoms with Crippen molar-refractivity contribution >= 4 is 17.9 Å². The van der Waals surface area contributed by atoms with Crippen molar-refractivity contribution in [3.63, 3.8) is 0 Å². The lowest BCUT2D eigenvalue weighted by Gasteiger charge is -2.17. The minimum Gasteiger partial charge on any atom is -0.465 e. The predicted molar refractivity (Wildman–Crippen MR) is 56.7 cm³/mol. The summed E-state index contributed by atoms with van der Waals surface area (Å²) in [6.45, 7) is 3.10. The molecule has 4 nitrogen and oxygen atoms in total. The molecule has 82 valence electrons. The minimum atomic E-state index is -0.872. The van der Waals surface area contributed by atoms with Gasteiger partial charge in [-0.2, -0.15) is 11.8 Å². The Hall–Kier alpha value is -0.420. The summed E-state index contributed by atoms with van der Waals surface area (Å²) < 4.78 is 0. The maximum atomic E-state index is 10.6. The maximum absolute atomic E-state index is 10.6. The van der Waals surface area contributed by atoms with Crippen LogP contribution in [0.5, 0.6) is 0 Å². The molecule has 1 saturated heterocycles. The van der Waals surface area contributed by atoms with Crippen LogP contribution in [0.3, 0.4) is 0 Å². The molecule has 1 fully saturated rings. The Morgan fingerprint density at radius 3 is 2.93 bits per heavy atom. The van der Waals surface area contributed by atoms with Gasteiger partial charge in [0, 0.05) is 24.8 Å². The molecule has 1 rings (SSSR count). The molecular formula is C9H17NO3S. The molecule has 1 heterocycles. The molecule has 0 spiro atoms. The van der Waals surface area contributed by atoms with E-state index in [4.69, 9.17) is 5.11 Å². The quantitative estimate of drug-likeness (QED) is 0.743. The van der Waals surface area contributed by atoms with Crippen molar-refractivity contribution in [1.82, 2.24) is 4.90 Å². The number of nitrogens with zero attached hydrogens (tertiary/aromatic N) is 1. The zero-order valence-corrected chi connectivity index (χ0v) is 9.16. The van der Waals surface area contributed by atoms with Gasteiger partial charge in [0.05, 0.1) is 6.10 Å². The van der Waals surface area contributed by atoms with Gasteiger partial charge >= 0.3 is 6.09 Å². The van der Waals surface area contributed by atoms with E-state index in [1.807, 2.05) is 0 Å². The van der Waals surface area contributed by atoms with Gasteiger partial charge in [0.2, 0.25) is 0 Å². The number of amides is 1. The Morgan fingerprint density at radius 1 is 1.71 bits per heavy atom. The highest BCUT2D eigenvalue weighted by atomic mass is 32.2. The Bertz CT molecular complexity index is 200. The van der Waals surface area contributed by atoms with Crippen molar-refractivity contribution in [2.45, 2.75) is 19.4 Å². The summed E-state index contributed by atoms with van der Waals surface area (Å²) in [5.41, 5.74) is 0. The molecule has 0 aromatic rings. The van der Waals surface area contributed by atoms with E-state index < -0.39 is 6.09 Å². The van der Waals surface area contributed by atoms with E-state index in [1.165, 1.54) is 4.90 Å². The lowest BCUT2D eigenvalue weighted by Crippen LogP contribution is -2.30. The SMILES string of the molecule is CCSC[C@H](O)[C@H]1CCN(C(=O)O)C1. The first-order chi connectivity index (χ1) is 6.65. The van der Waals surface area contributed by atoms with Gasteiger partial charge < -0.3 is 15.1 Å². The third-order valence-corrected chi connectivity index (χ3v) is 3.52. The standard InChI is InChI=1S/C9H17NO3S/c1-2-14-6-8(11)7-3-4-10(5-7)9(12)13/h7-8,11H,2-6H2,1H3,(H,12,13)/t7-,8-/m0/s1. The predicted octanol–water partition coefficient (Wildman–Crippen LogP) is 1.10. The summed E-state index contributed by atoms with van der Waals surface area (Å²) in [7, 11) is 0. The molecule has 1 amide bonds. The summed E-state index contributed by atoms with van der Waals surface area (Å²) in [4.78, 5) is 12.0. The van der Waals surface area contributed by atoms with Gasteiger partial charge in [0.25, 0.3) is 0 Å². The smallest absolute Gasteiger partial charge is 0.407 e. The summed E-state index contributed by atoms with van der Waals surface area (Å²) in [6.07, 6.45) is -0.440. The van der Waals surface area contributed by atoms with Gasteiger partial charge in [-0.3, -0.25) is 0 Å². The van der Waals surface area contributed by atoms with Crippen molar-refractivity contribution < 1.29 is 15.0 Å². The van der Waals surface area contributed by atoms with E-state index in [0.717, 1.165) is 12.2 Å². The summed E-state index contributed by atoms with van der Waals surface area (Å²) in [5, 5.41) is 18.5. The zero-order valence-electron chi connectivity index (χ0n) is 8.35. The topological polar surface area (TPSA) is 60.8 Å². The maximum Gasteiger partial charge on any atom is 0.407 e. The summed E-state index contributed by atoms with van der Waals surface area (Å²) in [6, 6.07) is 0. The van der Waals surface area contributed by atoms with Crippen molar-refractivity contribution in [1.29, 1.82) is 0 Å². The van der Waals surface area contributed by atoms with Gasteiger partial charge in [-0.05, 0) is 12.2 Å². The van der Waals surface area contributed by atoms with Crippen molar-refractivity contribution in [3.8, 4) is 0 Å². The first-order valence-corrected chi connectivity index (χ1v) is 6.04. The van der Waals surface area contributed by atoms with Crippen LogP contribution < -0.4 is 0 Å². The number of rotatable bonds is 4. The van der Waals surface area contributed by atoms with Crippen LogP contribution in [0, 0.1) is 5.92 Å². The molecule has 2 atom stereocenters. The van der Waals surface area contributed by atoms with Gasteiger partial charge in [0.15, 0.2) is 0 Å². The Balaban J connectivity index is 2.30. The van der Waals surface area contributed by atoms with E-state index in [9.17, 15) is 9.90 Å². The molecular weight excluding hydrogens is 202 g/mol. The molecule has 1 aliphatic rings. The number of hydrogen-bond donors (Lipinski definition) is 2. The summed E-state index contributed by atoms with van der Waals surface area (Å²) >= 11 is 1.70. The molecule has 1 aliphatic heterocycles. The molecule has 5 heteroatoms. The third kappa shape index (κ3) is 3.06. The Morgan fingerprint density at radius 2 is 2.43 bits per heavy atom. The van der Waals surface area contributed by atoms with E-state index in [0.29, 0.717) is 18.8 Å². The van der Waals surface area contributed by atoms with Crippen LogP contribution in [-0.4, -0.2) is 51.9 Å².